The zero-order chi connectivity index (χ0) is 25.8. The summed E-state index contributed by atoms with van der Waals surface area (Å²) in [7, 11) is -1.01. The van der Waals surface area contributed by atoms with Gasteiger partial charge < -0.3 is 19.7 Å². The lowest BCUT2D eigenvalue weighted by Crippen LogP contribution is -2.37. The molecule has 0 fully saturated rings. The fraction of sp³-hybridized carbons (Fsp3) is 0.240. The van der Waals surface area contributed by atoms with Gasteiger partial charge in [0.1, 0.15) is 17.2 Å². The minimum Gasteiger partial charge on any atom is -0.443 e. The zero-order valence-corrected chi connectivity index (χ0v) is 19.8. The predicted octanol–water partition coefficient (Wildman–Crippen LogP) is 3.88. The third kappa shape index (κ3) is 4.31. The molecule has 2 aromatic carbocycles. The van der Waals surface area contributed by atoms with E-state index in [0.717, 1.165) is 22.6 Å². The Hall–Kier alpha value is -3.83. The number of hydrogen-bond donors (Lipinski definition) is 2. The van der Waals surface area contributed by atoms with Gasteiger partial charge in [0.05, 0.1) is 41.4 Å². The quantitative estimate of drug-likeness (QED) is 0.535. The first kappa shape index (κ1) is 23.9. The maximum atomic E-state index is 14.6. The number of imide groups is 1. The second kappa shape index (κ2) is 8.68. The molecule has 0 atom stereocenters. The Morgan fingerprint density at radius 2 is 1.89 bits per heavy atom. The van der Waals surface area contributed by atoms with E-state index in [-0.39, 0.29) is 41.4 Å². The number of pyridine rings is 1. The molecule has 2 aliphatic heterocycles. The molecule has 0 bridgehead atoms. The Morgan fingerprint density at radius 1 is 1.17 bits per heavy atom. The summed E-state index contributed by atoms with van der Waals surface area (Å²) in [5, 5.41) is 13.0. The minimum absolute atomic E-state index is 0.0365. The molecule has 11 heteroatoms. The molecule has 3 aromatic rings. The Kier molecular flexibility index (Phi) is 5.76. The highest BCUT2D eigenvalue weighted by Gasteiger charge is 2.39. The second-order valence-electron chi connectivity index (χ2n) is 9.55. The lowest BCUT2D eigenvalue weighted by Gasteiger charge is -2.23. The normalized spacial score (nSPS) is 14.7. The van der Waals surface area contributed by atoms with Crippen molar-refractivity contribution in [3.63, 3.8) is 0 Å². The molecule has 0 saturated heterocycles. The highest BCUT2D eigenvalue weighted by Crippen LogP contribution is 2.36. The van der Waals surface area contributed by atoms with Gasteiger partial charge in [-0.05, 0) is 62.1 Å². The minimum atomic E-state index is -1.01. The van der Waals surface area contributed by atoms with E-state index in [4.69, 9.17) is 9.39 Å². The van der Waals surface area contributed by atoms with Crippen molar-refractivity contribution in [1.29, 1.82) is 0 Å². The highest BCUT2D eigenvalue weighted by molar-refractivity contribution is 6.61. The van der Waals surface area contributed by atoms with Crippen LogP contribution in [0.2, 0.25) is 0 Å². The van der Waals surface area contributed by atoms with Crippen LogP contribution in [0.3, 0.4) is 0 Å². The number of aromatic nitrogens is 1. The number of benzene rings is 2. The van der Waals surface area contributed by atoms with Gasteiger partial charge in [0.2, 0.25) is 0 Å². The number of fused-ring (bicyclic) bond motifs is 2. The van der Waals surface area contributed by atoms with Crippen LogP contribution in [-0.2, 0) is 22.5 Å². The molecule has 2 amide bonds. The molecule has 2 N–H and O–H groups in total. The van der Waals surface area contributed by atoms with Crippen molar-refractivity contribution in [2.45, 2.75) is 39.5 Å². The molecule has 3 heterocycles. The molecule has 0 radical (unpaired) electrons. The lowest BCUT2D eigenvalue weighted by atomic mass is 9.79. The van der Waals surface area contributed by atoms with Crippen molar-refractivity contribution in [3.8, 4) is 11.3 Å². The van der Waals surface area contributed by atoms with Gasteiger partial charge in [-0.15, -0.1) is 0 Å². The van der Waals surface area contributed by atoms with E-state index in [1.54, 1.807) is 39.0 Å². The van der Waals surface area contributed by atoms with Crippen molar-refractivity contribution in [2.75, 3.05) is 5.32 Å². The van der Waals surface area contributed by atoms with Crippen LogP contribution in [0, 0.1) is 11.6 Å². The van der Waals surface area contributed by atoms with Crippen LogP contribution in [0.5, 0.6) is 0 Å². The van der Waals surface area contributed by atoms with Gasteiger partial charge in [-0.25, -0.2) is 23.5 Å². The van der Waals surface area contributed by atoms with Crippen LogP contribution in [0.1, 0.15) is 42.4 Å². The first-order valence-corrected chi connectivity index (χ1v) is 11.2. The maximum Gasteiger partial charge on any atom is 0.491 e. The van der Waals surface area contributed by atoms with E-state index in [9.17, 15) is 23.4 Å². The molecule has 184 valence electrons. The van der Waals surface area contributed by atoms with E-state index >= 15 is 0 Å². The predicted molar refractivity (Wildman–Crippen MR) is 128 cm³/mol. The third-order valence-corrected chi connectivity index (χ3v) is 5.78. The van der Waals surface area contributed by atoms with Gasteiger partial charge in [0.25, 0.3) is 5.91 Å². The van der Waals surface area contributed by atoms with Crippen molar-refractivity contribution < 1.29 is 32.8 Å². The number of anilines is 2. The van der Waals surface area contributed by atoms with Gasteiger partial charge in [-0.3, -0.25) is 4.79 Å². The van der Waals surface area contributed by atoms with Crippen LogP contribution >= 0.6 is 0 Å². The smallest absolute Gasteiger partial charge is 0.443 e. The summed E-state index contributed by atoms with van der Waals surface area (Å²) in [5.74, 6) is -2.27. The van der Waals surface area contributed by atoms with E-state index in [1.807, 2.05) is 0 Å². The summed E-state index contributed by atoms with van der Waals surface area (Å²) < 4.78 is 39.8. The third-order valence-electron chi connectivity index (χ3n) is 5.78. The maximum absolute atomic E-state index is 14.6. The number of carbonyl (C=O) groups is 2. The summed E-state index contributed by atoms with van der Waals surface area (Å²) in [6, 6.07) is 9.95. The topological polar surface area (TPSA) is 101 Å². The van der Waals surface area contributed by atoms with Crippen LogP contribution < -0.4 is 10.8 Å². The number of ether oxygens (including phenoxy) is 1. The molecular weight excluding hydrogens is 471 g/mol. The molecule has 2 aliphatic rings. The first-order valence-electron chi connectivity index (χ1n) is 11.2. The Balaban J connectivity index is 1.59. The average Bonchev–Trinajstić information content (AvgIpc) is 3.32. The van der Waals surface area contributed by atoms with Gasteiger partial charge in [-0.1, -0.05) is 12.1 Å². The van der Waals surface area contributed by atoms with Gasteiger partial charge in [0, 0.05) is 5.69 Å². The molecular formula is C25H22BF2N3O5. The van der Waals surface area contributed by atoms with Crippen molar-refractivity contribution in [1.82, 2.24) is 9.88 Å². The van der Waals surface area contributed by atoms with E-state index in [1.165, 1.54) is 12.1 Å². The number of nitrogens with zero attached hydrogens (tertiary/aromatic N) is 2. The molecule has 5 rings (SSSR count). The summed E-state index contributed by atoms with van der Waals surface area (Å²) in [4.78, 5) is 31.3. The van der Waals surface area contributed by atoms with Crippen LogP contribution in [0.4, 0.5) is 25.0 Å². The Labute approximate surface area is 206 Å². The van der Waals surface area contributed by atoms with Gasteiger partial charge in [0.15, 0.2) is 0 Å². The molecule has 0 aliphatic carbocycles. The SMILES string of the molecule is CC(C)(C)OC(=O)N1Cc2nc(-c3c(F)cccc3F)cc(Nc3ccc4c(c3)COB4O)c2C1=O. The van der Waals surface area contributed by atoms with Gasteiger partial charge >= 0.3 is 13.2 Å². The highest BCUT2D eigenvalue weighted by atomic mass is 19.1. The molecule has 0 spiro atoms. The van der Waals surface area contributed by atoms with Crippen molar-refractivity contribution >= 4 is 36.0 Å². The van der Waals surface area contributed by atoms with Crippen molar-refractivity contribution in [3.05, 3.63) is 70.9 Å². The molecule has 0 unspecified atom stereocenters. The van der Waals surface area contributed by atoms with Crippen molar-refractivity contribution in [2.24, 2.45) is 0 Å². The average molecular weight is 493 g/mol. The molecule has 1 aromatic heterocycles. The largest absolute Gasteiger partial charge is 0.491 e. The molecule has 0 saturated carbocycles. The van der Waals surface area contributed by atoms with Crippen LogP contribution in [-0.4, -0.2) is 39.6 Å². The van der Waals surface area contributed by atoms with E-state index in [0.29, 0.717) is 11.2 Å². The standard InChI is InChI=1S/C25H22BF2N3O5/c1-25(2,3)36-24(33)31-11-20-22(23(31)32)19(10-18(30-20)21-16(27)5-4-6-17(21)28)29-14-7-8-15-13(9-14)12-35-26(15)34/h4-10,34H,11-12H2,1-3H3,(H,29,30). The number of halogens is 2. The fourth-order valence-electron chi connectivity index (χ4n) is 4.20. The summed E-state index contributed by atoms with van der Waals surface area (Å²) in [6.45, 7) is 5.02. The summed E-state index contributed by atoms with van der Waals surface area (Å²) in [6.07, 6.45) is -0.848. The van der Waals surface area contributed by atoms with E-state index < -0.39 is 36.4 Å². The number of nitrogens with one attached hydrogen (secondary N) is 1. The summed E-state index contributed by atoms with van der Waals surface area (Å²) in [5.41, 5.74) is 1.19. The first-order chi connectivity index (χ1) is 17.0. The monoisotopic (exact) mass is 493 g/mol. The van der Waals surface area contributed by atoms with Gasteiger partial charge in [-0.2, -0.15) is 0 Å². The fourth-order valence-corrected chi connectivity index (χ4v) is 4.20. The zero-order valence-electron chi connectivity index (χ0n) is 19.8. The molecule has 36 heavy (non-hydrogen) atoms. The number of carbonyl (C=O) groups excluding carboxylic acids is 2. The number of amides is 2. The number of rotatable bonds is 3. The Morgan fingerprint density at radius 3 is 2.58 bits per heavy atom. The van der Waals surface area contributed by atoms with Crippen LogP contribution in [0.25, 0.3) is 11.3 Å². The van der Waals surface area contributed by atoms with E-state index in [2.05, 4.69) is 10.3 Å². The van der Waals surface area contributed by atoms with Crippen LogP contribution in [0.15, 0.2) is 42.5 Å². The Bertz CT molecular complexity index is 1390. The lowest BCUT2D eigenvalue weighted by molar-refractivity contribution is 0.0247. The molecule has 8 nitrogen and oxygen atoms in total. The number of hydrogen-bond acceptors (Lipinski definition) is 7. The summed E-state index contributed by atoms with van der Waals surface area (Å²) >= 11 is 0. The second-order valence-corrected chi connectivity index (χ2v) is 9.55.